The van der Waals surface area contributed by atoms with E-state index in [0.29, 0.717) is 17.1 Å². The zero-order chi connectivity index (χ0) is 18.6. The number of aryl methyl sites for hydroxylation is 1. The Balaban J connectivity index is 1.71. The molecule has 0 fully saturated rings. The van der Waals surface area contributed by atoms with Crippen LogP contribution >= 0.6 is 0 Å². The van der Waals surface area contributed by atoms with Crippen LogP contribution in [0.1, 0.15) is 16.1 Å². The molecule has 0 unspecified atom stereocenters. The van der Waals surface area contributed by atoms with E-state index in [-0.39, 0.29) is 10.8 Å². The molecule has 1 heterocycles. The molecule has 0 aliphatic rings. The highest BCUT2D eigenvalue weighted by Gasteiger charge is 2.14. The van der Waals surface area contributed by atoms with Gasteiger partial charge in [-0.2, -0.15) is 0 Å². The minimum atomic E-state index is -3.66. The highest BCUT2D eigenvalue weighted by atomic mass is 32.2. The number of anilines is 2. The molecule has 2 aromatic carbocycles. The SMILES string of the molecule is Cc1cccc(NC(=O)c2ccc(NS(=O)(=O)c3ccccc3)cc2)n1. The van der Waals surface area contributed by atoms with Crippen molar-refractivity contribution in [1.82, 2.24) is 4.98 Å². The van der Waals surface area contributed by atoms with Crippen LogP contribution in [0.25, 0.3) is 0 Å². The summed E-state index contributed by atoms with van der Waals surface area (Å²) < 4.78 is 27.1. The average Bonchev–Trinajstić information content (AvgIpc) is 2.63. The van der Waals surface area contributed by atoms with E-state index in [0.717, 1.165) is 5.69 Å². The number of carbonyl (C=O) groups is 1. The van der Waals surface area contributed by atoms with Crippen molar-refractivity contribution in [3.8, 4) is 0 Å². The van der Waals surface area contributed by atoms with Gasteiger partial charge in [-0.15, -0.1) is 0 Å². The maximum absolute atomic E-state index is 12.3. The van der Waals surface area contributed by atoms with E-state index in [4.69, 9.17) is 0 Å². The number of nitrogens with one attached hydrogen (secondary N) is 2. The number of amides is 1. The monoisotopic (exact) mass is 367 g/mol. The van der Waals surface area contributed by atoms with Crippen LogP contribution < -0.4 is 10.0 Å². The van der Waals surface area contributed by atoms with Gasteiger partial charge in [-0.25, -0.2) is 13.4 Å². The van der Waals surface area contributed by atoms with E-state index in [1.54, 1.807) is 54.6 Å². The zero-order valence-electron chi connectivity index (χ0n) is 14.0. The van der Waals surface area contributed by atoms with E-state index in [1.807, 2.05) is 13.0 Å². The van der Waals surface area contributed by atoms with Gasteiger partial charge < -0.3 is 5.32 Å². The molecule has 1 aromatic heterocycles. The van der Waals surface area contributed by atoms with Crippen LogP contribution in [-0.4, -0.2) is 19.3 Å². The van der Waals surface area contributed by atoms with Crippen LogP contribution in [0.5, 0.6) is 0 Å². The van der Waals surface area contributed by atoms with Crippen LogP contribution in [0.2, 0.25) is 0 Å². The van der Waals surface area contributed by atoms with Crippen molar-refractivity contribution < 1.29 is 13.2 Å². The largest absolute Gasteiger partial charge is 0.307 e. The van der Waals surface area contributed by atoms with Gasteiger partial charge in [0.15, 0.2) is 0 Å². The average molecular weight is 367 g/mol. The molecule has 0 aliphatic heterocycles. The number of hydrogen-bond acceptors (Lipinski definition) is 4. The molecule has 26 heavy (non-hydrogen) atoms. The maximum atomic E-state index is 12.3. The normalized spacial score (nSPS) is 11.0. The molecular formula is C19H17N3O3S. The molecule has 0 radical (unpaired) electrons. The lowest BCUT2D eigenvalue weighted by atomic mass is 10.2. The Labute approximate surface area is 152 Å². The highest BCUT2D eigenvalue weighted by molar-refractivity contribution is 7.92. The van der Waals surface area contributed by atoms with Gasteiger partial charge >= 0.3 is 0 Å². The van der Waals surface area contributed by atoms with E-state index in [2.05, 4.69) is 15.0 Å². The summed E-state index contributed by atoms with van der Waals surface area (Å²) in [7, 11) is -3.66. The summed E-state index contributed by atoms with van der Waals surface area (Å²) in [6.07, 6.45) is 0. The Hall–Kier alpha value is -3.19. The van der Waals surface area contributed by atoms with Crippen molar-refractivity contribution >= 4 is 27.4 Å². The Morgan fingerprint density at radius 2 is 1.58 bits per heavy atom. The number of carbonyl (C=O) groups excluding carboxylic acids is 1. The summed E-state index contributed by atoms with van der Waals surface area (Å²) in [4.78, 5) is 16.6. The summed E-state index contributed by atoms with van der Waals surface area (Å²) in [6.45, 7) is 1.84. The lowest BCUT2D eigenvalue weighted by molar-refractivity contribution is 0.102. The second kappa shape index (κ2) is 7.37. The molecule has 1 amide bonds. The molecule has 0 bridgehead atoms. The Kier molecular flexibility index (Phi) is 4.99. The van der Waals surface area contributed by atoms with Gasteiger partial charge in [0.2, 0.25) is 0 Å². The first kappa shape index (κ1) is 17.6. The molecule has 3 aromatic rings. The Morgan fingerprint density at radius 3 is 2.23 bits per heavy atom. The molecular weight excluding hydrogens is 350 g/mol. The van der Waals surface area contributed by atoms with Gasteiger partial charge in [0, 0.05) is 16.9 Å². The second-order valence-corrected chi connectivity index (χ2v) is 7.30. The summed E-state index contributed by atoms with van der Waals surface area (Å²) in [5.41, 5.74) is 1.57. The summed E-state index contributed by atoms with van der Waals surface area (Å²) >= 11 is 0. The van der Waals surface area contributed by atoms with Gasteiger partial charge in [0.25, 0.3) is 15.9 Å². The number of aromatic nitrogens is 1. The fourth-order valence-electron chi connectivity index (χ4n) is 2.30. The molecule has 0 atom stereocenters. The molecule has 3 rings (SSSR count). The third-order valence-electron chi connectivity index (χ3n) is 3.58. The molecule has 7 heteroatoms. The van der Waals surface area contributed by atoms with Gasteiger partial charge in [0.1, 0.15) is 5.82 Å². The first-order chi connectivity index (χ1) is 12.4. The summed E-state index contributed by atoms with van der Waals surface area (Å²) in [6, 6.07) is 19.6. The topological polar surface area (TPSA) is 88.2 Å². The van der Waals surface area contributed by atoms with Gasteiger partial charge in [0.05, 0.1) is 4.90 Å². The van der Waals surface area contributed by atoms with Gasteiger partial charge in [-0.05, 0) is 55.5 Å². The van der Waals surface area contributed by atoms with Crippen molar-refractivity contribution in [2.45, 2.75) is 11.8 Å². The fraction of sp³-hybridized carbons (Fsp3) is 0.0526. The Morgan fingerprint density at radius 1 is 0.885 bits per heavy atom. The molecule has 0 saturated heterocycles. The second-order valence-electron chi connectivity index (χ2n) is 5.61. The van der Waals surface area contributed by atoms with Crippen molar-refractivity contribution in [3.63, 3.8) is 0 Å². The number of nitrogens with zero attached hydrogens (tertiary/aromatic N) is 1. The van der Waals surface area contributed by atoms with Crippen molar-refractivity contribution in [1.29, 1.82) is 0 Å². The van der Waals surface area contributed by atoms with E-state index in [9.17, 15) is 13.2 Å². The van der Waals surface area contributed by atoms with E-state index < -0.39 is 10.0 Å². The van der Waals surface area contributed by atoms with Crippen molar-refractivity contribution in [2.24, 2.45) is 0 Å². The minimum Gasteiger partial charge on any atom is -0.307 e. The lowest BCUT2D eigenvalue weighted by Gasteiger charge is -2.09. The Bertz CT molecular complexity index is 1020. The smallest absolute Gasteiger partial charge is 0.261 e. The van der Waals surface area contributed by atoms with E-state index in [1.165, 1.54) is 12.1 Å². The van der Waals surface area contributed by atoms with Crippen LogP contribution in [0, 0.1) is 6.92 Å². The molecule has 132 valence electrons. The third kappa shape index (κ3) is 4.25. The molecule has 0 saturated carbocycles. The van der Waals surface area contributed by atoms with Gasteiger partial charge in [-0.1, -0.05) is 24.3 Å². The third-order valence-corrected chi connectivity index (χ3v) is 4.98. The van der Waals surface area contributed by atoms with Crippen LogP contribution in [0.15, 0.2) is 77.7 Å². The maximum Gasteiger partial charge on any atom is 0.261 e. The van der Waals surface area contributed by atoms with Crippen molar-refractivity contribution in [2.75, 3.05) is 10.0 Å². The number of rotatable bonds is 5. The zero-order valence-corrected chi connectivity index (χ0v) is 14.8. The van der Waals surface area contributed by atoms with Crippen molar-refractivity contribution in [3.05, 3.63) is 84.1 Å². The number of hydrogen-bond donors (Lipinski definition) is 2. The quantitative estimate of drug-likeness (QED) is 0.723. The van der Waals surface area contributed by atoms with Gasteiger partial charge in [-0.3, -0.25) is 9.52 Å². The van der Waals surface area contributed by atoms with E-state index >= 15 is 0 Å². The number of benzene rings is 2. The first-order valence-electron chi connectivity index (χ1n) is 7.87. The molecule has 0 aliphatic carbocycles. The predicted octanol–water partition coefficient (Wildman–Crippen LogP) is 3.44. The highest BCUT2D eigenvalue weighted by Crippen LogP contribution is 2.17. The molecule has 0 spiro atoms. The van der Waals surface area contributed by atoms with Crippen LogP contribution in [-0.2, 0) is 10.0 Å². The van der Waals surface area contributed by atoms with Crippen LogP contribution in [0.3, 0.4) is 0 Å². The molecule has 2 N–H and O–H groups in total. The summed E-state index contributed by atoms with van der Waals surface area (Å²) in [5, 5.41) is 2.70. The number of sulfonamides is 1. The standard InChI is InChI=1S/C19H17N3O3S/c1-14-6-5-9-18(20-14)21-19(23)15-10-12-16(13-11-15)22-26(24,25)17-7-3-2-4-8-17/h2-13,22H,1H3,(H,20,21,23). The fourth-order valence-corrected chi connectivity index (χ4v) is 3.38. The predicted molar refractivity (Wildman–Crippen MR) is 101 cm³/mol. The van der Waals surface area contributed by atoms with Crippen LogP contribution in [0.4, 0.5) is 11.5 Å². The lowest BCUT2D eigenvalue weighted by Crippen LogP contribution is -2.14. The first-order valence-corrected chi connectivity index (χ1v) is 9.35. The minimum absolute atomic E-state index is 0.173. The molecule has 6 nitrogen and oxygen atoms in total. The number of pyridine rings is 1. The summed E-state index contributed by atoms with van der Waals surface area (Å²) in [5.74, 6) is 0.143.